The number of nitrogens with zero attached hydrogens (tertiary/aromatic N) is 3. The molecular weight excluding hydrogens is 350 g/mol. The van der Waals surface area contributed by atoms with Crippen LogP contribution in [0.15, 0.2) is 24.3 Å². The van der Waals surface area contributed by atoms with Crippen molar-refractivity contribution in [2.24, 2.45) is 5.92 Å². The second-order valence-corrected chi connectivity index (χ2v) is 7.38. The van der Waals surface area contributed by atoms with E-state index in [2.05, 4.69) is 20.2 Å². The molecule has 1 aliphatic rings. The van der Waals surface area contributed by atoms with Gasteiger partial charge in [-0.3, -0.25) is 4.79 Å². The zero-order valence-electron chi connectivity index (χ0n) is 15.0. The maximum atomic E-state index is 12.5. The van der Waals surface area contributed by atoms with E-state index in [-0.39, 0.29) is 11.9 Å². The first-order chi connectivity index (χ1) is 12.5. The fraction of sp³-hybridized carbons (Fsp3) is 0.444. The Hall–Kier alpha value is -2.48. The Balaban J connectivity index is 1.42. The number of aryl methyl sites for hydroxylation is 2. The normalized spacial score (nSPS) is 14.9. The van der Waals surface area contributed by atoms with E-state index in [1.54, 1.807) is 6.92 Å². The number of amides is 3. The van der Waals surface area contributed by atoms with Crippen molar-refractivity contribution in [1.82, 2.24) is 19.8 Å². The molecule has 0 radical (unpaired) electrons. The van der Waals surface area contributed by atoms with Gasteiger partial charge in [-0.2, -0.15) is 0 Å². The number of aromatic nitrogens is 2. The summed E-state index contributed by atoms with van der Waals surface area (Å²) in [6, 6.07) is 7.51. The van der Waals surface area contributed by atoms with Gasteiger partial charge in [0.2, 0.25) is 0 Å². The third-order valence-electron chi connectivity index (χ3n) is 4.57. The lowest BCUT2D eigenvalue weighted by Gasteiger charge is -2.31. The van der Waals surface area contributed by atoms with E-state index in [4.69, 9.17) is 0 Å². The molecule has 138 valence electrons. The van der Waals surface area contributed by atoms with E-state index in [9.17, 15) is 9.59 Å². The van der Waals surface area contributed by atoms with Crippen LogP contribution >= 0.6 is 11.5 Å². The molecule has 2 aromatic rings. The van der Waals surface area contributed by atoms with Crippen LogP contribution < -0.4 is 10.6 Å². The van der Waals surface area contributed by atoms with Gasteiger partial charge in [0.1, 0.15) is 4.88 Å². The van der Waals surface area contributed by atoms with Crippen molar-refractivity contribution in [1.29, 1.82) is 0 Å². The number of piperidine rings is 1. The number of nitrogens with one attached hydrogen (secondary N) is 2. The van der Waals surface area contributed by atoms with Gasteiger partial charge in [-0.15, -0.1) is 5.10 Å². The molecule has 2 N–H and O–H groups in total. The molecule has 2 heterocycles. The van der Waals surface area contributed by atoms with Crippen LogP contribution in [-0.4, -0.2) is 46.1 Å². The number of benzene rings is 1. The Labute approximate surface area is 157 Å². The van der Waals surface area contributed by atoms with Crippen LogP contribution in [0.3, 0.4) is 0 Å². The summed E-state index contributed by atoms with van der Waals surface area (Å²) in [5.41, 5.74) is 2.58. The van der Waals surface area contributed by atoms with E-state index in [0.29, 0.717) is 36.1 Å². The number of carbonyl (C=O) groups excluding carboxylic acids is 2. The minimum absolute atomic E-state index is 0.0149. The van der Waals surface area contributed by atoms with Gasteiger partial charge in [0.15, 0.2) is 0 Å². The summed E-state index contributed by atoms with van der Waals surface area (Å²) in [4.78, 5) is 27.0. The highest BCUT2D eigenvalue weighted by Crippen LogP contribution is 2.20. The molecule has 0 spiro atoms. The average Bonchev–Trinajstić information content (AvgIpc) is 3.06. The summed E-state index contributed by atoms with van der Waals surface area (Å²) in [7, 11) is 0. The number of carbonyl (C=O) groups is 2. The van der Waals surface area contributed by atoms with Gasteiger partial charge in [0.25, 0.3) is 5.91 Å². The molecule has 3 amide bonds. The number of hydrogen-bond acceptors (Lipinski definition) is 5. The van der Waals surface area contributed by atoms with Crippen LogP contribution in [0, 0.1) is 19.8 Å². The number of hydrogen-bond donors (Lipinski definition) is 2. The Morgan fingerprint density at radius 2 is 2.04 bits per heavy atom. The maximum absolute atomic E-state index is 12.5. The number of rotatable bonds is 4. The minimum Gasteiger partial charge on any atom is -0.338 e. The first-order valence-electron chi connectivity index (χ1n) is 8.72. The van der Waals surface area contributed by atoms with Crippen LogP contribution in [0.25, 0.3) is 0 Å². The summed E-state index contributed by atoms with van der Waals surface area (Å²) in [5.74, 6) is 0.393. The first kappa shape index (κ1) is 18.3. The maximum Gasteiger partial charge on any atom is 0.319 e. The van der Waals surface area contributed by atoms with Crippen LogP contribution in [0.4, 0.5) is 10.5 Å². The fourth-order valence-electron chi connectivity index (χ4n) is 3.05. The molecule has 0 aliphatic carbocycles. The molecule has 7 nitrogen and oxygen atoms in total. The van der Waals surface area contributed by atoms with Gasteiger partial charge in [-0.05, 0) is 61.8 Å². The second kappa shape index (κ2) is 8.27. The van der Waals surface area contributed by atoms with Crippen molar-refractivity contribution in [3.05, 3.63) is 40.4 Å². The largest absolute Gasteiger partial charge is 0.338 e. The highest BCUT2D eigenvalue weighted by atomic mass is 32.1. The van der Waals surface area contributed by atoms with E-state index >= 15 is 0 Å². The summed E-state index contributed by atoms with van der Waals surface area (Å²) < 4.78 is 3.83. The van der Waals surface area contributed by atoms with Gasteiger partial charge in [0.05, 0.1) is 5.69 Å². The molecule has 0 bridgehead atoms. The minimum atomic E-state index is -0.194. The number of urea groups is 1. The summed E-state index contributed by atoms with van der Waals surface area (Å²) in [5, 5.41) is 9.68. The average molecular weight is 373 g/mol. The zero-order valence-corrected chi connectivity index (χ0v) is 15.8. The predicted octanol–water partition coefficient (Wildman–Crippen LogP) is 2.83. The predicted molar refractivity (Wildman–Crippen MR) is 101 cm³/mol. The molecule has 1 aromatic carbocycles. The molecule has 1 aromatic heterocycles. The van der Waals surface area contributed by atoms with Crippen molar-refractivity contribution in [3.63, 3.8) is 0 Å². The molecule has 1 aliphatic heterocycles. The SMILES string of the molecule is Cc1cccc(NC(=O)NCC2CCN(C(=O)c3snnc3C)CC2)c1. The molecule has 26 heavy (non-hydrogen) atoms. The highest BCUT2D eigenvalue weighted by molar-refractivity contribution is 7.07. The van der Waals surface area contributed by atoms with Gasteiger partial charge in [0, 0.05) is 25.3 Å². The van der Waals surface area contributed by atoms with E-state index < -0.39 is 0 Å². The van der Waals surface area contributed by atoms with E-state index in [1.165, 1.54) is 0 Å². The molecule has 1 saturated heterocycles. The van der Waals surface area contributed by atoms with Crippen molar-refractivity contribution in [2.75, 3.05) is 25.0 Å². The molecule has 1 fully saturated rings. The van der Waals surface area contributed by atoms with Gasteiger partial charge in [-0.1, -0.05) is 16.6 Å². The summed E-state index contributed by atoms with van der Waals surface area (Å²) in [6.07, 6.45) is 1.75. The monoisotopic (exact) mass is 373 g/mol. The van der Waals surface area contributed by atoms with Crippen LogP contribution in [0.1, 0.15) is 33.8 Å². The van der Waals surface area contributed by atoms with Crippen molar-refractivity contribution >= 4 is 29.2 Å². The molecule has 3 rings (SSSR count). The van der Waals surface area contributed by atoms with Gasteiger partial charge < -0.3 is 15.5 Å². The first-order valence-corrected chi connectivity index (χ1v) is 9.50. The topological polar surface area (TPSA) is 87.2 Å². The van der Waals surface area contributed by atoms with Crippen molar-refractivity contribution in [3.8, 4) is 0 Å². The lowest BCUT2D eigenvalue weighted by atomic mass is 9.96. The van der Waals surface area contributed by atoms with Crippen LogP contribution in [0.2, 0.25) is 0 Å². The Bertz CT molecular complexity index is 783. The van der Waals surface area contributed by atoms with Crippen molar-refractivity contribution < 1.29 is 9.59 Å². The second-order valence-electron chi connectivity index (χ2n) is 6.63. The standard InChI is InChI=1S/C18H23N5O2S/c1-12-4-3-5-15(10-12)20-18(25)19-11-14-6-8-23(9-7-14)17(24)16-13(2)21-22-26-16/h3-5,10,14H,6-9,11H2,1-2H3,(H2,19,20,25). The van der Waals surface area contributed by atoms with Gasteiger partial charge >= 0.3 is 6.03 Å². The lowest BCUT2D eigenvalue weighted by molar-refractivity contribution is 0.0694. The Kier molecular flexibility index (Phi) is 5.82. The third-order valence-corrected chi connectivity index (χ3v) is 5.39. The van der Waals surface area contributed by atoms with E-state index in [0.717, 1.165) is 35.6 Å². The number of likely N-dealkylation sites (tertiary alicyclic amines) is 1. The highest BCUT2D eigenvalue weighted by Gasteiger charge is 2.26. The fourth-order valence-corrected chi connectivity index (χ4v) is 3.67. The summed E-state index contributed by atoms with van der Waals surface area (Å²) in [6.45, 7) is 5.80. The van der Waals surface area contributed by atoms with Gasteiger partial charge in [-0.25, -0.2) is 4.79 Å². The Morgan fingerprint density at radius 3 is 2.69 bits per heavy atom. The Morgan fingerprint density at radius 1 is 1.27 bits per heavy atom. The van der Waals surface area contributed by atoms with Crippen LogP contribution in [-0.2, 0) is 0 Å². The quantitative estimate of drug-likeness (QED) is 0.863. The zero-order chi connectivity index (χ0) is 18.5. The van der Waals surface area contributed by atoms with Crippen LogP contribution in [0.5, 0.6) is 0 Å². The van der Waals surface area contributed by atoms with E-state index in [1.807, 2.05) is 36.1 Å². The summed E-state index contributed by atoms with van der Waals surface area (Å²) >= 11 is 1.15. The molecule has 0 atom stereocenters. The van der Waals surface area contributed by atoms with Crippen molar-refractivity contribution in [2.45, 2.75) is 26.7 Å². The smallest absolute Gasteiger partial charge is 0.319 e. The molecule has 8 heteroatoms. The third kappa shape index (κ3) is 4.57. The lowest BCUT2D eigenvalue weighted by Crippen LogP contribution is -2.42. The molecule has 0 saturated carbocycles. The number of anilines is 1. The molecule has 0 unspecified atom stereocenters. The molecular formula is C18H23N5O2S.